The number of amides is 1. The maximum Gasteiger partial charge on any atom is 0.238 e. The topological polar surface area (TPSA) is 55.8 Å². The van der Waals surface area contributed by atoms with Gasteiger partial charge in [-0.15, -0.1) is 0 Å². The zero-order valence-electron chi connectivity index (χ0n) is 16.2. The van der Waals surface area contributed by atoms with Crippen LogP contribution < -0.4 is 5.32 Å². The number of aliphatic hydroxyl groups excluding tert-OH is 1. The van der Waals surface area contributed by atoms with Crippen LogP contribution >= 0.6 is 15.9 Å². The van der Waals surface area contributed by atoms with Crippen LogP contribution in [0.15, 0.2) is 53.0 Å². The molecule has 2 aromatic rings. The number of rotatable bonds is 9. The molecule has 0 spiro atoms. The Labute approximate surface area is 170 Å². The van der Waals surface area contributed by atoms with Crippen LogP contribution in [0.3, 0.4) is 0 Å². The highest BCUT2D eigenvalue weighted by Gasteiger charge is 2.14. The van der Waals surface area contributed by atoms with Crippen LogP contribution in [0, 0.1) is 6.92 Å². The average Bonchev–Trinajstić information content (AvgIpc) is 2.57. The molecular formula is C21H28BrN3O2. The van der Waals surface area contributed by atoms with Crippen LogP contribution in [0.5, 0.6) is 0 Å². The van der Waals surface area contributed by atoms with E-state index in [1.807, 2.05) is 62.3 Å². The highest BCUT2D eigenvalue weighted by atomic mass is 79.9. The summed E-state index contributed by atoms with van der Waals surface area (Å²) in [7, 11) is 3.83. The molecule has 1 atom stereocenters. The van der Waals surface area contributed by atoms with Crippen molar-refractivity contribution in [2.24, 2.45) is 0 Å². The van der Waals surface area contributed by atoms with E-state index < -0.39 is 6.10 Å². The lowest BCUT2D eigenvalue weighted by Crippen LogP contribution is -2.40. The quantitative estimate of drug-likeness (QED) is 0.637. The summed E-state index contributed by atoms with van der Waals surface area (Å²) in [6, 6.07) is 15.9. The SMILES string of the molecule is Cc1cc(Br)ccc1NC(=O)CN(C)CC(O)CN(C)Cc1ccccc1. The van der Waals surface area contributed by atoms with E-state index in [2.05, 4.69) is 38.3 Å². The number of nitrogens with one attached hydrogen (secondary N) is 1. The molecule has 2 rings (SSSR count). The Morgan fingerprint density at radius 3 is 2.44 bits per heavy atom. The van der Waals surface area contributed by atoms with E-state index in [-0.39, 0.29) is 12.5 Å². The second-order valence-corrected chi connectivity index (χ2v) is 7.96. The normalized spacial score (nSPS) is 12.4. The van der Waals surface area contributed by atoms with Gasteiger partial charge in [0.15, 0.2) is 0 Å². The van der Waals surface area contributed by atoms with Crippen molar-refractivity contribution in [3.05, 3.63) is 64.1 Å². The molecule has 2 N–H and O–H groups in total. The van der Waals surface area contributed by atoms with Gasteiger partial charge in [-0.05, 0) is 50.3 Å². The summed E-state index contributed by atoms with van der Waals surface area (Å²) in [6.07, 6.45) is -0.522. The molecule has 0 aliphatic heterocycles. The number of aryl methyl sites for hydroxylation is 1. The first-order valence-electron chi connectivity index (χ1n) is 8.98. The Kier molecular flexibility index (Phi) is 8.44. The molecule has 0 radical (unpaired) electrons. The monoisotopic (exact) mass is 433 g/mol. The number of likely N-dealkylation sites (N-methyl/N-ethyl adjacent to an activating group) is 2. The standard InChI is InChI=1S/C21H28BrN3O2/c1-16-11-18(22)9-10-20(16)23-21(27)15-25(3)14-19(26)13-24(2)12-17-7-5-4-6-8-17/h4-11,19,26H,12-15H2,1-3H3,(H,23,27). The minimum Gasteiger partial charge on any atom is -0.390 e. The minimum absolute atomic E-state index is 0.0900. The maximum atomic E-state index is 12.2. The zero-order chi connectivity index (χ0) is 19.8. The van der Waals surface area contributed by atoms with Crippen molar-refractivity contribution in [1.82, 2.24) is 9.80 Å². The van der Waals surface area contributed by atoms with Gasteiger partial charge in [-0.3, -0.25) is 14.6 Å². The van der Waals surface area contributed by atoms with Gasteiger partial charge in [-0.1, -0.05) is 46.3 Å². The van der Waals surface area contributed by atoms with Crippen molar-refractivity contribution in [2.45, 2.75) is 19.6 Å². The molecule has 0 saturated heterocycles. The zero-order valence-corrected chi connectivity index (χ0v) is 17.7. The van der Waals surface area contributed by atoms with Crippen molar-refractivity contribution in [3.63, 3.8) is 0 Å². The number of carbonyl (C=O) groups is 1. The lowest BCUT2D eigenvalue weighted by atomic mass is 10.2. The maximum absolute atomic E-state index is 12.2. The molecule has 0 saturated carbocycles. The first-order valence-corrected chi connectivity index (χ1v) is 9.78. The number of nitrogens with zero attached hydrogens (tertiary/aromatic N) is 2. The molecule has 146 valence electrons. The number of halogens is 1. The fraction of sp³-hybridized carbons (Fsp3) is 0.381. The van der Waals surface area contributed by atoms with Crippen LogP contribution in [0.25, 0.3) is 0 Å². The van der Waals surface area contributed by atoms with Crippen LogP contribution in [-0.4, -0.2) is 60.6 Å². The van der Waals surface area contributed by atoms with E-state index in [0.717, 1.165) is 22.3 Å². The molecule has 0 fully saturated rings. The van der Waals surface area contributed by atoms with Gasteiger partial charge < -0.3 is 10.4 Å². The Balaban J connectivity index is 1.75. The van der Waals surface area contributed by atoms with Gasteiger partial charge in [0.2, 0.25) is 5.91 Å². The molecular weight excluding hydrogens is 406 g/mol. The highest BCUT2D eigenvalue weighted by Crippen LogP contribution is 2.19. The average molecular weight is 434 g/mol. The van der Waals surface area contributed by atoms with Crippen LogP contribution in [0.2, 0.25) is 0 Å². The van der Waals surface area contributed by atoms with Crippen LogP contribution in [0.4, 0.5) is 5.69 Å². The predicted molar refractivity (Wildman–Crippen MR) is 114 cm³/mol. The van der Waals surface area contributed by atoms with E-state index in [1.54, 1.807) is 0 Å². The molecule has 0 bridgehead atoms. The summed E-state index contributed by atoms with van der Waals surface area (Å²) < 4.78 is 0.984. The van der Waals surface area contributed by atoms with E-state index in [9.17, 15) is 9.90 Å². The summed E-state index contributed by atoms with van der Waals surface area (Å²) >= 11 is 3.42. The van der Waals surface area contributed by atoms with Gasteiger partial charge in [-0.2, -0.15) is 0 Å². The van der Waals surface area contributed by atoms with Gasteiger partial charge in [0, 0.05) is 29.8 Å². The summed E-state index contributed by atoms with van der Waals surface area (Å²) in [5, 5.41) is 13.2. The molecule has 1 unspecified atom stereocenters. The van der Waals surface area contributed by atoms with E-state index in [0.29, 0.717) is 13.1 Å². The Hall–Kier alpha value is -1.73. The molecule has 27 heavy (non-hydrogen) atoms. The number of aliphatic hydroxyl groups is 1. The predicted octanol–water partition coefficient (Wildman–Crippen LogP) is 3.12. The van der Waals surface area contributed by atoms with Crippen molar-refractivity contribution < 1.29 is 9.90 Å². The lowest BCUT2D eigenvalue weighted by Gasteiger charge is -2.24. The van der Waals surface area contributed by atoms with E-state index in [4.69, 9.17) is 0 Å². The first-order chi connectivity index (χ1) is 12.8. The molecule has 5 nitrogen and oxygen atoms in total. The van der Waals surface area contributed by atoms with Crippen LogP contribution in [0.1, 0.15) is 11.1 Å². The smallest absolute Gasteiger partial charge is 0.238 e. The molecule has 1 amide bonds. The molecule has 0 aliphatic carbocycles. The van der Waals surface area contributed by atoms with Crippen LogP contribution in [-0.2, 0) is 11.3 Å². The van der Waals surface area contributed by atoms with Gasteiger partial charge >= 0.3 is 0 Å². The highest BCUT2D eigenvalue weighted by molar-refractivity contribution is 9.10. The third kappa shape index (κ3) is 7.81. The number of hydrogen-bond donors (Lipinski definition) is 2. The number of anilines is 1. The lowest BCUT2D eigenvalue weighted by molar-refractivity contribution is -0.117. The van der Waals surface area contributed by atoms with Gasteiger partial charge in [0.25, 0.3) is 0 Å². The van der Waals surface area contributed by atoms with Crippen molar-refractivity contribution in [1.29, 1.82) is 0 Å². The minimum atomic E-state index is -0.522. The molecule has 0 aliphatic rings. The molecule has 0 heterocycles. The third-order valence-electron chi connectivity index (χ3n) is 4.22. The molecule has 2 aromatic carbocycles. The second kappa shape index (κ2) is 10.6. The van der Waals surface area contributed by atoms with E-state index in [1.165, 1.54) is 5.56 Å². The fourth-order valence-electron chi connectivity index (χ4n) is 3.00. The van der Waals surface area contributed by atoms with Crippen molar-refractivity contribution in [3.8, 4) is 0 Å². The number of carbonyl (C=O) groups excluding carboxylic acids is 1. The van der Waals surface area contributed by atoms with Crippen molar-refractivity contribution >= 4 is 27.5 Å². The number of hydrogen-bond acceptors (Lipinski definition) is 4. The Morgan fingerprint density at radius 2 is 1.78 bits per heavy atom. The van der Waals surface area contributed by atoms with Gasteiger partial charge in [-0.25, -0.2) is 0 Å². The summed E-state index contributed by atoms with van der Waals surface area (Å²) in [5.74, 6) is -0.0900. The largest absolute Gasteiger partial charge is 0.390 e. The summed E-state index contributed by atoms with van der Waals surface area (Å²) in [5.41, 5.74) is 3.02. The van der Waals surface area contributed by atoms with E-state index >= 15 is 0 Å². The fourth-order valence-corrected chi connectivity index (χ4v) is 3.48. The van der Waals surface area contributed by atoms with Gasteiger partial charge in [0.1, 0.15) is 0 Å². The van der Waals surface area contributed by atoms with Gasteiger partial charge in [0.05, 0.1) is 12.6 Å². The number of benzene rings is 2. The molecule has 0 aromatic heterocycles. The Bertz CT molecular complexity index is 739. The first kappa shape index (κ1) is 21.6. The van der Waals surface area contributed by atoms with Crippen molar-refractivity contribution in [2.75, 3.05) is 39.0 Å². The third-order valence-corrected chi connectivity index (χ3v) is 4.71. The second-order valence-electron chi connectivity index (χ2n) is 7.04. The summed E-state index contributed by atoms with van der Waals surface area (Å²) in [4.78, 5) is 16.2. The molecule has 6 heteroatoms. The Morgan fingerprint density at radius 1 is 1.11 bits per heavy atom. The summed E-state index contributed by atoms with van der Waals surface area (Å²) in [6.45, 7) is 3.95.